The van der Waals surface area contributed by atoms with Crippen LogP contribution in [0.2, 0.25) is 0 Å². The number of benzene rings is 1. The first-order chi connectivity index (χ1) is 15.5. The number of aromatic nitrogens is 2. The number of nitrogens with zero attached hydrogens (tertiary/aromatic N) is 4. The van der Waals surface area contributed by atoms with Gasteiger partial charge in [0.2, 0.25) is 0 Å². The van der Waals surface area contributed by atoms with E-state index in [-0.39, 0.29) is 11.5 Å². The number of fused-ring (bicyclic) bond motifs is 1. The SMILES string of the molecule is Cc1cnn(CCN2CC[C@]34CCN(CC5CC5)[C@H](Cc5ccc(O)cc53)[C@]4(O)CC2)c1. The molecule has 6 heteroatoms. The molecule has 3 atom stereocenters. The van der Waals surface area contributed by atoms with E-state index in [2.05, 4.69) is 34.1 Å². The molecule has 1 saturated carbocycles. The van der Waals surface area contributed by atoms with Gasteiger partial charge in [-0.1, -0.05) is 6.07 Å². The molecule has 6 nitrogen and oxygen atoms in total. The summed E-state index contributed by atoms with van der Waals surface area (Å²) < 4.78 is 2.03. The minimum Gasteiger partial charge on any atom is -0.508 e. The van der Waals surface area contributed by atoms with Crippen molar-refractivity contribution in [3.63, 3.8) is 0 Å². The van der Waals surface area contributed by atoms with Gasteiger partial charge >= 0.3 is 0 Å². The van der Waals surface area contributed by atoms with Crippen LogP contribution in [0.15, 0.2) is 30.6 Å². The third-order valence-corrected chi connectivity index (χ3v) is 8.93. The Kier molecular flexibility index (Phi) is 4.90. The lowest BCUT2D eigenvalue weighted by Gasteiger charge is -2.61. The molecule has 1 aromatic carbocycles. The first kappa shape index (κ1) is 20.7. The molecule has 2 bridgehead atoms. The lowest BCUT2D eigenvalue weighted by molar-refractivity contribution is -0.149. The summed E-state index contributed by atoms with van der Waals surface area (Å²) in [5.74, 6) is 1.15. The van der Waals surface area contributed by atoms with Crippen LogP contribution in [0.3, 0.4) is 0 Å². The molecule has 2 aromatic rings. The molecule has 3 heterocycles. The van der Waals surface area contributed by atoms with E-state index in [4.69, 9.17) is 0 Å². The molecule has 3 fully saturated rings. The van der Waals surface area contributed by atoms with Crippen LogP contribution in [-0.2, 0) is 18.4 Å². The Balaban J connectivity index is 1.31. The Morgan fingerprint density at radius 3 is 2.69 bits per heavy atom. The Hall–Kier alpha value is -1.89. The summed E-state index contributed by atoms with van der Waals surface area (Å²) >= 11 is 0. The Morgan fingerprint density at radius 1 is 1.09 bits per heavy atom. The number of hydrogen-bond acceptors (Lipinski definition) is 5. The summed E-state index contributed by atoms with van der Waals surface area (Å²) in [4.78, 5) is 5.14. The van der Waals surface area contributed by atoms with Gasteiger partial charge in [0.1, 0.15) is 5.75 Å². The Labute approximate surface area is 190 Å². The summed E-state index contributed by atoms with van der Waals surface area (Å²) in [5, 5.41) is 27.3. The fourth-order valence-electron chi connectivity index (χ4n) is 6.97. The highest BCUT2D eigenvalue weighted by Crippen LogP contribution is 2.56. The van der Waals surface area contributed by atoms with Gasteiger partial charge < -0.3 is 15.1 Å². The van der Waals surface area contributed by atoms with Crippen molar-refractivity contribution in [3.05, 3.63) is 47.3 Å². The van der Waals surface area contributed by atoms with Gasteiger partial charge in [0.25, 0.3) is 0 Å². The molecule has 0 spiro atoms. The second-order valence-corrected chi connectivity index (χ2v) is 10.9. The number of piperidine rings is 1. The molecule has 2 aliphatic heterocycles. The van der Waals surface area contributed by atoms with Gasteiger partial charge in [-0.3, -0.25) is 9.58 Å². The normalized spacial score (nSPS) is 32.9. The topological polar surface area (TPSA) is 64.8 Å². The molecular formula is C26H36N4O2. The van der Waals surface area contributed by atoms with Crippen LogP contribution in [0.5, 0.6) is 5.75 Å². The molecule has 0 radical (unpaired) electrons. The number of aliphatic hydroxyl groups is 1. The smallest absolute Gasteiger partial charge is 0.115 e. The zero-order chi connectivity index (χ0) is 21.9. The summed E-state index contributed by atoms with van der Waals surface area (Å²) in [6, 6.07) is 6.09. The average molecular weight is 437 g/mol. The first-order valence-electron chi connectivity index (χ1n) is 12.5. The molecule has 6 rings (SSSR count). The van der Waals surface area contributed by atoms with Gasteiger partial charge in [-0.05, 0) is 93.3 Å². The highest BCUT2D eigenvalue weighted by Gasteiger charge is 2.63. The van der Waals surface area contributed by atoms with Crippen LogP contribution < -0.4 is 0 Å². The summed E-state index contributed by atoms with van der Waals surface area (Å²) in [5.41, 5.74) is 2.74. The van der Waals surface area contributed by atoms with Crippen molar-refractivity contribution in [2.75, 3.05) is 32.7 Å². The molecular weight excluding hydrogens is 400 g/mol. The number of aryl methyl sites for hydroxylation is 1. The van der Waals surface area contributed by atoms with Crippen molar-refractivity contribution < 1.29 is 10.2 Å². The molecule has 32 heavy (non-hydrogen) atoms. The molecule has 2 saturated heterocycles. The van der Waals surface area contributed by atoms with Crippen molar-refractivity contribution in [3.8, 4) is 5.75 Å². The van der Waals surface area contributed by atoms with E-state index in [1.54, 1.807) is 0 Å². The van der Waals surface area contributed by atoms with Crippen molar-refractivity contribution in [1.29, 1.82) is 0 Å². The van der Waals surface area contributed by atoms with Crippen LogP contribution in [0.4, 0.5) is 0 Å². The molecule has 2 N–H and O–H groups in total. The van der Waals surface area contributed by atoms with Crippen LogP contribution in [0.1, 0.15) is 48.8 Å². The van der Waals surface area contributed by atoms with Crippen LogP contribution >= 0.6 is 0 Å². The van der Waals surface area contributed by atoms with E-state index >= 15 is 0 Å². The maximum Gasteiger partial charge on any atom is 0.115 e. The monoisotopic (exact) mass is 436 g/mol. The number of likely N-dealkylation sites (tertiary alicyclic amines) is 2. The van der Waals surface area contributed by atoms with E-state index in [1.165, 1.54) is 29.5 Å². The zero-order valence-electron chi connectivity index (χ0n) is 19.2. The van der Waals surface area contributed by atoms with E-state index in [1.807, 2.05) is 23.0 Å². The van der Waals surface area contributed by atoms with E-state index in [0.29, 0.717) is 5.75 Å². The van der Waals surface area contributed by atoms with Crippen molar-refractivity contribution in [1.82, 2.24) is 19.6 Å². The third kappa shape index (κ3) is 3.30. The Bertz CT molecular complexity index is 1000. The standard InChI is InChI=1S/C26H36N4O2/c1-19-16-27-30(17-19)13-12-28-9-6-25-7-11-29(18-20-2-3-20)24(26(25,32)8-10-28)14-21-4-5-22(31)15-23(21)25/h4-5,15-17,20,24,31-32H,2-3,6-14,18H2,1H3/t24-,25+,26-/m1/s1. The van der Waals surface area contributed by atoms with Crippen molar-refractivity contribution in [2.24, 2.45) is 5.92 Å². The summed E-state index contributed by atoms with van der Waals surface area (Å²) in [6.45, 7) is 8.01. The molecule has 172 valence electrons. The quantitative estimate of drug-likeness (QED) is 0.755. The lowest BCUT2D eigenvalue weighted by atomic mass is 9.52. The van der Waals surface area contributed by atoms with Gasteiger partial charge in [0.15, 0.2) is 0 Å². The number of phenolic OH excluding ortho intramolecular Hbond substituents is 1. The summed E-state index contributed by atoms with van der Waals surface area (Å²) in [7, 11) is 0. The minimum atomic E-state index is -0.738. The fourth-order valence-corrected chi connectivity index (χ4v) is 6.97. The first-order valence-corrected chi connectivity index (χ1v) is 12.5. The van der Waals surface area contributed by atoms with Crippen LogP contribution in [-0.4, -0.2) is 74.2 Å². The van der Waals surface area contributed by atoms with Gasteiger partial charge in [0.05, 0.1) is 18.3 Å². The predicted molar refractivity (Wildman–Crippen MR) is 124 cm³/mol. The minimum absolute atomic E-state index is 0.183. The van der Waals surface area contributed by atoms with Gasteiger partial charge in [0, 0.05) is 37.3 Å². The highest BCUT2D eigenvalue weighted by atomic mass is 16.3. The maximum atomic E-state index is 12.5. The third-order valence-electron chi connectivity index (χ3n) is 8.93. The van der Waals surface area contributed by atoms with Gasteiger partial charge in [-0.2, -0.15) is 5.10 Å². The maximum absolute atomic E-state index is 12.5. The van der Waals surface area contributed by atoms with E-state index < -0.39 is 5.60 Å². The fraction of sp³-hybridized carbons (Fsp3) is 0.654. The molecule has 0 unspecified atom stereocenters. The molecule has 1 aromatic heterocycles. The number of rotatable bonds is 5. The second kappa shape index (κ2) is 7.57. The molecule has 4 aliphatic rings. The van der Waals surface area contributed by atoms with Crippen LogP contribution in [0.25, 0.3) is 0 Å². The number of phenols is 1. The molecule has 0 amide bonds. The lowest BCUT2D eigenvalue weighted by Crippen LogP contribution is -2.71. The van der Waals surface area contributed by atoms with Crippen molar-refractivity contribution in [2.45, 2.75) is 69.1 Å². The zero-order valence-corrected chi connectivity index (χ0v) is 19.2. The summed E-state index contributed by atoms with van der Waals surface area (Å²) in [6.07, 6.45) is 10.3. The molecule has 2 aliphatic carbocycles. The van der Waals surface area contributed by atoms with Gasteiger partial charge in [-0.25, -0.2) is 0 Å². The van der Waals surface area contributed by atoms with E-state index in [0.717, 1.165) is 70.9 Å². The van der Waals surface area contributed by atoms with Crippen LogP contribution in [0, 0.1) is 12.8 Å². The largest absolute Gasteiger partial charge is 0.508 e. The van der Waals surface area contributed by atoms with Crippen molar-refractivity contribution >= 4 is 0 Å². The Morgan fingerprint density at radius 2 is 1.91 bits per heavy atom. The number of hydrogen-bond donors (Lipinski definition) is 2. The van der Waals surface area contributed by atoms with Gasteiger partial charge in [-0.15, -0.1) is 0 Å². The number of aromatic hydroxyl groups is 1. The predicted octanol–water partition coefficient (Wildman–Crippen LogP) is 2.70. The van der Waals surface area contributed by atoms with E-state index in [9.17, 15) is 10.2 Å². The second-order valence-electron chi connectivity index (χ2n) is 10.9. The highest BCUT2D eigenvalue weighted by molar-refractivity contribution is 5.48. The average Bonchev–Trinajstić information content (AvgIpc) is 3.52.